The number of hydrogen-bond donors (Lipinski definition) is 0. The molecule has 0 aliphatic carbocycles. The van der Waals surface area contributed by atoms with Gasteiger partial charge in [0.2, 0.25) is 0 Å². The molecule has 9 nitrogen and oxygen atoms in total. The third-order valence-corrected chi connectivity index (χ3v) is 1.58. The van der Waals surface area contributed by atoms with Gasteiger partial charge in [-0.1, -0.05) is 5.11 Å². The summed E-state index contributed by atoms with van der Waals surface area (Å²) < 4.78 is 0.787. The molecule has 14 heavy (non-hydrogen) atoms. The zero-order valence-electron chi connectivity index (χ0n) is 6.99. The number of fused-ring (bicyclic) bond motifs is 1. The van der Waals surface area contributed by atoms with Gasteiger partial charge in [-0.15, -0.1) is 10.2 Å². The molecule has 0 amide bonds. The summed E-state index contributed by atoms with van der Waals surface area (Å²) in [6.45, 7) is 1.55. The average molecular weight is 196 g/mol. The lowest BCUT2D eigenvalue weighted by Crippen LogP contribution is -2.34. The lowest BCUT2D eigenvalue weighted by molar-refractivity contribution is -0.505. The molecule has 0 bridgehead atoms. The smallest absolute Gasteiger partial charge is 0.262 e. The van der Waals surface area contributed by atoms with Crippen molar-refractivity contribution in [1.29, 1.82) is 0 Å². The van der Waals surface area contributed by atoms with Crippen molar-refractivity contribution >= 4 is 11.9 Å². The highest BCUT2D eigenvalue weighted by Gasteiger charge is 2.37. The number of nitro groups is 1. The summed E-state index contributed by atoms with van der Waals surface area (Å²) in [4.78, 5) is 24.6. The van der Waals surface area contributed by atoms with Crippen molar-refractivity contribution in [3.63, 3.8) is 0 Å². The van der Waals surface area contributed by atoms with Crippen LogP contribution in [0.2, 0.25) is 0 Å². The van der Waals surface area contributed by atoms with Gasteiger partial charge in [-0.3, -0.25) is 14.9 Å². The maximum absolute atomic E-state index is 11.3. The van der Waals surface area contributed by atoms with E-state index in [4.69, 9.17) is 0 Å². The fraction of sp³-hybridized carbons (Fsp3) is 0.400. The Morgan fingerprint density at radius 2 is 2.29 bits per heavy atom. The molecule has 1 aliphatic heterocycles. The number of nitrogens with zero attached hydrogens (tertiary/aromatic N) is 6. The molecule has 0 aromatic carbocycles. The molecule has 1 atom stereocenters. The number of aromatic nitrogens is 3. The lowest BCUT2D eigenvalue weighted by atomic mass is 10.5. The van der Waals surface area contributed by atoms with Crippen LogP contribution in [-0.4, -0.2) is 31.8 Å². The zero-order chi connectivity index (χ0) is 10.3. The summed E-state index contributed by atoms with van der Waals surface area (Å²) in [5, 5.41) is 20.6. The Morgan fingerprint density at radius 1 is 1.57 bits per heavy atom. The minimum atomic E-state index is -1.71. The van der Waals surface area contributed by atoms with E-state index in [-0.39, 0.29) is 5.95 Å². The Labute approximate surface area is 76.6 Å². The van der Waals surface area contributed by atoms with Gasteiger partial charge in [0, 0.05) is 0 Å². The van der Waals surface area contributed by atoms with E-state index in [1.807, 2.05) is 0 Å². The quantitative estimate of drug-likeness (QED) is 0.460. The van der Waals surface area contributed by atoms with Gasteiger partial charge in [-0.2, -0.15) is 9.67 Å². The van der Waals surface area contributed by atoms with Gasteiger partial charge in [-0.25, -0.2) is 0 Å². The molecular formula is C5H4N6O3. The molecule has 2 heterocycles. The molecule has 1 aliphatic rings. The summed E-state index contributed by atoms with van der Waals surface area (Å²) in [6.07, 6.45) is -1.71. The van der Waals surface area contributed by atoms with Crippen molar-refractivity contribution in [3.8, 4) is 0 Å². The average Bonchev–Trinajstić information content (AvgIpc) is 2.46. The van der Waals surface area contributed by atoms with Gasteiger partial charge >= 0.3 is 12.1 Å². The maximum Gasteiger partial charge on any atom is 0.400 e. The standard InChI is InChI=1S/C5H4N6O3/c1-2-6-5-8-7-3(11(13)14)4(12)10(5)9-2/h3H,1H3. The number of hydrogen-bond acceptors (Lipinski definition) is 7. The van der Waals surface area contributed by atoms with E-state index >= 15 is 0 Å². The minimum Gasteiger partial charge on any atom is -0.262 e. The van der Waals surface area contributed by atoms with Crippen LogP contribution >= 0.6 is 0 Å². The van der Waals surface area contributed by atoms with Crippen molar-refractivity contribution in [3.05, 3.63) is 15.9 Å². The Hall–Kier alpha value is -2.19. The molecule has 0 saturated heterocycles. The topological polar surface area (TPSA) is 116 Å². The maximum atomic E-state index is 11.3. The number of carbonyl (C=O) groups excluding carboxylic acids is 1. The summed E-state index contributed by atoms with van der Waals surface area (Å²) >= 11 is 0. The normalized spacial score (nSPS) is 19.5. The Kier molecular flexibility index (Phi) is 1.59. The first-order valence-electron chi connectivity index (χ1n) is 3.62. The highest BCUT2D eigenvalue weighted by Crippen LogP contribution is 2.17. The van der Waals surface area contributed by atoms with Gasteiger partial charge in [0.05, 0.1) is 4.92 Å². The Morgan fingerprint density at radius 3 is 2.93 bits per heavy atom. The van der Waals surface area contributed by atoms with E-state index in [2.05, 4.69) is 20.3 Å². The summed E-state index contributed by atoms with van der Waals surface area (Å²) in [6, 6.07) is 0. The third kappa shape index (κ3) is 1.06. The molecule has 0 radical (unpaired) electrons. The molecule has 9 heteroatoms. The van der Waals surface area contributed by atoms with Gasteiger partial charge in [0.15, 0.2) is 5.82 Å². The van der Waals surface area contributed by atoms with E-state index in [0.717, 1.165) is 4.68 Å². The number of azo groups is 1. The summed E-state index contributed by atoms with van der Waals surface area (Å²) in [7, 11) is 0. The second-order valence-corrected chi connectivity index (χ2v) is 2.58. The van der Waals surface area contributed by atoms with Crippen molar-refractivity contribution < 1.29 is 9.72 Å². The van der Waals surface area contributed by atoms with Crippen LogP contribution in [0.3, 0.4) is 0 Å². The predicted octanol–water partition coefficient (Wildman–Crippen LogP) is -0.0732. The van der Waals surface area contributed by atoms with E-state index < -0.39 is 17.0 Å². The van der Waals surface area contributed by atoms with E-state index in [9.17, 15) is 14.9 Å². The molecule has 72 valence electrons. The number of aryl methyl sites for hydroxylation is 1. The van der Waals surface area contributed by atoms with Crippen molar-refractivity contribution in [1.82, 2.24) is 14.8 Å². The van der Waals surface area contributed by atoms with Crippen molar-refractivity contribution in [2.45, 2.75) is 13.1 Å². The van der Waals surface area contributed by atoms with Crippen molar-refractivity contribution in [2.24, 2.45) is 10.2 Å². The Balaban J connectivity index is 2.49. The van der Waals surface area contributed by atoms with E-state index in [0.29, 0.717) is 5.82 Å². The van der Waals surface area contributed by atoms with Crippen molar-refractivity contribution in [2.75, 3.05) is 0 Å². The van der Waals surface area contributed by atoms with Gasteiger partial charge < -0.3 is 0 Å². The zero-order valence-corrected chi connectivity index (χ0v) is 6.99. The minimum absolute atomic E-state index is 0.0226. The van der Waals surface area contributed by atoms with Crippen LogP contribution in [0, 0.1) is 17.0 Å². The molecule has 0 fully saturated rings. The van der Waals surface area contributed by atoms with Gasteiger partial charge in [0.1, 0.15) is 0 Å². The Bertz CT molecular complexity index is 448. The fourth-order valence-electron chi connectivity index (χ4n) is 1.01. The third-order valence-electron chi connectivity index (χ3n) is 1.58. The molecule has 1 unspecified atom stereocenters. The lowest BCUT2D eigenvalue weighted by Gasteiger charge is -2.06. The van der Waals surface area contributed by atoms with E-state index in [1.165, 1.54) is 0 Å². The first-order chi connectivity index (χ1) is 6.59. The summed E-state index contributed by atoms with van der Waals surface area (Å²) in [5.74, 6) is -0.553. The van der Waals surface area contributed by atoms with Crippen LogP contribution < -0.4 is 0 Å². The van der Waals surface area contributed by atoms with Crippen LogP contribution in [0.25, 0.3) is 0 Å². The van der Waals surface area contributed by atoms with Gasteiger partial charge in [-0.05, 0) is 6.92 Å². The van der Waals surface area contributed by atoms with Crippen LogP contribution in [-0.2, 0) is 0 Å². The number of rotatable bonds is 1. The largest absolute Gasteiger partial charge is 0.400 e. The van der Waals surface area contributed by atoms with Crippen LogP contribution in [0.15, 0.2) is 10.2 Å². The summed E-state index contributed by atoms with van der Waals surface area (Å²) in [5.41, 5.74) is 0. The van der Waals surface area contributed by atoms with Crippen LogP contribution in [0.1, 0.15) is 10.6 Å². The molecule has 0 spiro atoms. The fourth-order valence-corrected chi connectivity index (χ4v) is 1.01. The van der Waals surface area contributed by atoms with Crippen LogP contribution in [0.4, 0.5) is 5.95 Å². The molecule has 1 aromatic heterocycles. The molecule has 0 saturated carbocycles. The highest BCUT2D eigenvalue weighted by molar-refractivity contribution is 5.84. The number of carbonyl (C=O) groups is 1. The van der Waals surface area contributed by atoms with Gasteiger partial charge in [0.25, 0.3) is 5.95 Å². The molecular weight excluding hydrogens is 192 g/mol. The first-order valence-corrected chi connectivity index (χ1v) is 3.62. The van der Waals surface area contributed by atoms with Crippen LogP contribution in [0.5, 0.6) is 0 Å². The monoisotopic (exact) mass is 196 g/mol. The molecule has 0 N–H and O–H groups in total. The first kappa shape index (κ1) is 8.41. The van der Waals surface area contributed by atoms with E-state index in [1.54, 1.807) is 6.92 Å². The highest BCUT2D eigenvalue weighted by atomic mass is 16.6. The molecule has 2 rings (SSSR count). The second kappa shape index (κ2) is 2.65. The predicted molar refractivity (Wildman–Crippen MR) is 40.7 cm³/mol. The SMILES string of the molecule is Cc1nc2n(n1)C(=O)C([N+](=O)[O-])N=N2. The molecule has 1 aromatic rings. The second-order valence-electron chi connectivity index (χ2n) is 2.58.